The van der Waals surface area contributed by atoms with E-state index in [0.29, 0.717) is 0 Å². The fourth-order valence-corrected chi connectivity index (χ4v) is 1.00. The summed E-state index contributed by atoms with van der Waals surface area (Å²) < 4.78 is 0. The molecule has 0 bridgehead atoms. The third-order valence-electron chi connectivity index (χ3n) is 1.42. The fourth-order valence-electron chi connectivity index (χ4n) is 0.777. The van der Waals surface area contributed by atoms with Crippen LogP contribution in [-0.2, 0) is 0 Å². The second kappa shape index (κ2) is 3.02. The number of halogens is 1. The molecule has 0 saturated heterocycles. The first kappa shape index (κ1) is 9.47. The van der Waals surface area contributed by atoms with Gasteiger partial charge in [-0.2, -0.15) is 0 Å². The minimum atomic E-state index is -1.41. The van der Waals surface area contributed by atoms with Gasteiger partial charge in [-0.25, -0.2) is 4.79 Å². The standard InChI is InChI=1S/C7H5ClO5/c8-4-2(7(12)13)1-3(9)5(10)6(4)11/h1,9-11H,(H,12,13). The highest BCUT2D eigenvalue weighted by Gasteiger charge is 2.19. The zero-order valence-corrected chi connectivity index (χ0v) is 6.91. The van der Waals surface area contributed by atoms with E-state index in [1.54, 1.807) is 0 Å². The van der Waals surface area contributed by atoms with Crippen LogP contribution in [0.15, 0.2) is 6.07 Å². The van der Waals surface area contributed by atoms with Crippen LogP contribution < -0.4 is 0 Å². The maximum atomic E-state index is 10.4. The molecular weight excluding hydrogens is 200 g/mol. The Kier molecular flexibility index (Phi) is 2.20. The molecule has 0 heterocycles. The van der Waals surface area contributed by atoms with E-state index in [2.05, 4.69) is 0 Å². The number of phenolic OH excluding ortho intramolecular Hbond substituents is 3. The molecule has 0 aliphatic rings. The van der Waals surface area contributed by atoms with Crippen molar-refractivity contribution < 1.29 is 25.2 Å². The number of carbonyl (C=O) groups is 1. The number of rotatable bonds is 1. The molecule has 0 radical (unpaired) electrons. The summed E-state index contributed by atoms with van der Waals surface area (Å²) in [5.41, 5.74) is -0.477. The van der Waals surface area contributed by atoms with Gasteiger partial charge in [-0.05, 0) is 0 Å². The van der Waals surface area contributed by atoms with Crippen LogP contribution in [0, 0.1) is 0 Å². The Hall–Kier alpha value is -1.62. The third-order valence-corrected chi connectivity index (χ3v) is 1.81. The topological polar surface area (TPSA) is 98.0 Å². The SMILES string of the molecule is O=C(O)c1cc(O)c(O)c(O)c1Cl. The molecule has 6 heteroatoms. The number of aromatic carboxylic acids is 1. The van der Waals surface area contributed by atoms with Gasteiger partial charge in [0.2, 0.25) is 5.75 Å². The molecule has 0 unspecified atom stereocenters. The van der Waals surface area contributed by atoms with Gasteiger partial charge in [0.25, 0.3) is 0 Å². The van der Waals surface area contributed by atoms with Crippen molar-refractivity contribution in [1.82, 2.24) is 0 Å². The normalized spacial score (nSPS) is 9.92. The largest absolute Gasteiger partial charge is 0.504 e. The third kappa shape index (κ3) is 1.46. The highest BCUT2D eigenvalue weighted by molar-refractivity contribution is 6.35. The molecule has 0 amide bonds. The lowest BCUT2D eigenvalue weighted by atomic mass is 10.2. The molecule has 0 saturated carbocycles. The zero-order chi connectivity index (χ0) is 10.2. The summed E-state index contributed by atoms with van der Waals surface area (Å²) in [5.74, 6) is -3.83. The number of carboxylic acid groups (broad SMARTS) is 1. The Morgan fingerprint density at radius 2 is 1.77 bits per heavy atom. The Bertz CT molecular complexity index is 374. The van der Waals surface area contributed by atoms with Gasteiger partial charge in [-0.15, -0.1) is 0 Å². The highest BCUT2D eigenvalue weighted by Crippen LogP contribution is 2.42. The number of carboxylic acids is 1. The number of hydrogen-bond donors (Lipinski definition) is 4. The van der Waals surface area contributed by atoms with Crippen molar-refractivity contribution >= 4 is 17.6 Å². The molecular formula is C7H5ClO5. The molecule has 70 valence electrons. The Morgan fingerprint density at radius 1 is 1.23 bits per heavy atom. The van der Waals surface area contributed by atoms with Gasteiger partial charge in [0.15, 0.2) is 11.5 Å². The van der Waals surface area contributed by atoms with Crippen LogP contribution in [0.25, 0.3) is 0 Å². The molecule has 0 spiro atoms. The lowest BCUT2D eigenvalue weighted by Crippen LogP contribution is -1.97. The molecule has 4 N–H and O–H groups in total. The predicted octanol–water partition coefficient (Wildman–Crippen LogP) is 1.15. The van der Waals surface area contributed by atoms with Gasteiger partial charge in [-0.3, -0.25) is 0 Å². The van der Waals surface area contributed by atoms with Gasteiger partial charge in [0.05, 0.1) is 5.56 Å². The summed E-state index contributed by atoms with van der Waals surface area (Å²) in [6, 6.07) is 0.750. The van der Waals surface area contributed by atoms with Crippen LogP contribution in [0.3, 0.4) is 0 Å². The molecule has 1 rings (SSSR count). The fraction of sp³-hybridized carbons (Fsp3) is 0. The smallest absolute Gasteiger partial charge is 0.337 e. The van der Waals surface area contributed by atoms with E-state index in [9.17, 15) is 4.79 Å². The second-order valence-electron chi connectivity index (χ2n) is 2.26. The minimum absolute atomic E-state index is 0.477. The predicted molar refractivity (Wildman–Crippen MR) is 43.4 cm³/mol. The van der Waals surface area contributed by atoms with Crippen LogP contribution in [0.2, 0.25) is 5.02 Å². The highest BCUT2D eigenvalue weighted by atomic mass is 35.5. The van der Waals surface area contributed by atoms with Gasteiger partial charge < -0.3 is 20.4 Å². The summed E-state index contributed by atoms with van der Waals surface area (Å²) in [7, 11) is 0. The van der Waals surface area contributed by atoms with E-state index >= 15 is 0 Å². The van der Waals surface area contributed by atoms with E-state index in [1.807, 2.05) is 0 Å². The molecule has 13 heavy (non-hydrogen) atoms. The summed E-state index contributed by atoms with van der Waals surface area (Å²) in [6.07, 6.45) is 0. The first-order valence-corrected chi connectivity index (χ1v) is 3.49. The van der Waals surface area contributed by atoms with Crippen molar-refractivity contribution in [3.63, 3.8) is 0 Å². The van der Waals surface area contributed by atoms with E-state index in [0.717, 1.165) is 6.07 Å². The summed E-state index contributed by atoms with van der Waals surface area (Å²) in [5, 5.41) is 34.9. The summed E-state index contributed by atoms with van der Waals surface area (Å²) in [4.78, 5) is 10.4. The van der Waals surface area contributed by atoms with E-state index < -0.39 is 33.8 Å². The molecule has 0 atom stereocenters. The molecule has 0 fully saturated rings. The molecule has 0 aliphatic heterocycles. The van der Waals surface area contributed by atoms with Crippen molar-refractivity contribution in [3.8, 4) is 17.2 Å². The monoisotopic (exact) mass is 204 g/mol. The zero-order valence-electron chi connectivity index (χ0n) is 6.15. The summed E-state index contributed by atoms with van der Waals surface area (Å²) >= 11 is 5.36. The molecule has 1 aromatic carbocycles. The van der Waals surface area contributed by atoms with Crippen molar-refractivity contribution in [3.05, 3.63) is 16.7 Å². The molecule has 0 aliphatic carbocycles. The van der Waals surface area contributed by atoms with Gasteiger partial charge in [0, 0.05) is 6.07 Å². The lowest BCUT2D eigenvalue weighted by Gasteiger charge is -2.05. The number of benzene rings is 1. The van der Waals surface area contributed by atoms with E-state index in [-0.39, 0.29) is 0 Å². The van der Waals surface area contributed by atoms with Gasteiger partial charge in [-0.1, -0.05) is 11.6 Å². The van der Waals surface area contributed by atoms with Crippen LogP contribution >= 0.6 is 11.6 Å². The van der Waals surface area contributed by atoms with Crippen LogP contribution in [0.1, 0.15) is 10.4 Å². The summed E-state index contributed by atoms with van der Waals surface area (Å²) in [6.45, 7) is 0. The van der Waals surface area contributed by atoms with Gasteiger partial charge >= 0.3 is 5.97 Å². The molecule has 5 nitrogen and oxygen atoms in total. The van der Waals surface area contributed by atoms with Crippen LogP contribution in [0.4, 0.5) is 0 Å². The Balaban J connectivity index is 3.50. The first-order chi connectivity index (χ1) is 5.95. The van der Waals surface area contributed by atoms with Crippen molar-refractivity contribution in [1.29, 1.82) is 0 Å². The lowest BCUT2D eigenvalue weighted by molar-refractivity contribution is 0.0696. The number of hydrogen-bond acceptors (Lipinski definition) is 4. The first-order valence-electron chi connectivity index (χ1n) is 3.11. The van der Waals surface area contributed by atoms with Crippen molar-refractivity contribution in [2.45, 2.75) is 0 Å². The Morgan fingerprint density at radius 3 is 2.23 bits per heavy atom. The minimum Gasteiger partial charge on any atom is -0.504 e. The Labute approximate surface area is 77.4 Å². The maximum Gasteiger partial charge on any atom is 0.337 e. The van der Waals surface area contributed by atoms with E-state index in [4.69, 9.17) is 32.0 Å². The van der Waals surface area contributed by atoms with Crippen molar-refractivity contribution in [2.24, 2.45) is 0 Å². The quantitative estimate of drug-likeness (QED) is 0.515. The van der Waals surface area contributed by atoms with Gasteiger partial charge in [0.1, 0.15) is 5.02 Å². The maximum absolute atomic E-state index is 10.4. The van der Waals surface area contributed by atoms with Crippen molar-refractivity contribution in [2.75, 3.05) is 0 Å². The number of phenols is 3. The molecule has 1 aromatic rings. The second-order valence-corrected chi connectivity index (χ2v) is 2.64. The average Bonchev–Trinajstić information content (AvgIpc) is 2.07. The number of aromatic hydroxyl groups is 3. The average molecular weight is 205 g/mol. The van der Waals surface area contributed by atoms with Crippen LogP contribution in [-0.4, -0.2) is 26.4 Å². The van der Waals surface area contributed by atoms with Crippen LogP contribution in [0.5, 0.6) is 17.2 Å². The van der Waals surface area contributed by atoms with E-state index in [1.165, 1.54) is 0 Å². The molecule has 0 aromatic heterocycles.